The molecule has 0 aliphatic rings. The molecule has 0 rings (SSSR count). The maximum absolute atomic E-state index is 11.1. The van der Waals surface area contributed by atoms with Gasteiger partial charge in [0.2, 0.25) is 15.9 Å². The lowest BCUT2D eigenvalue weighted by molar-refractivity contribution is -0.128. The topological polar surface area (TPSA) is 66.5 Å². The predicted octanol–water partition coefficient (Wildman–Crippen LogP) is -0.0398. The molecule has 0 heterocycles. The molecule has 0 spiro atoms. The highest BCUT2D eigenvalue weighted by Crippen LogP contribution is 1.90. The van der Waals surface area contributed by atoms with Crippen molar-refractivity contribution in [1.82, 2.24) is 9.62 Å². The summed E-state index contributed by atoms with van der Waals surface area (Å²) in [7, 11) is -3.17. The summed E-state index contributed by atoms with van der Waals surface area (Å²) >= 11 is 0. The van der Waals surface area contributed by atoms with E-state index in [0.717, 1.165) is 0 Å². The molecule has 1 N–H and O–H groups in total. The number of nitrogens with one attached hydrogen (secondary N) is 1. The number of nitrogens with zero attached hydrogens (tertiary/aromatic N) is 1. The van der Waals surface area contributed by atoms with Crippen molar-refractivity contribution in [3.05, 3.63) is 12.7 Å². The molecular formula is C9H18N2O3S. The Labute approximate surface area is 91.2 Å². The van der Waals surface area contributed by atoms with Gasteiger partial charge in [-0.15, -0.1) is 6.58 Å². The van der Waals surface area contributed by atoms with E-state index in [1.807, 2.05) is 0 Å². The summed E-state index contributed by atoms with van der Waals surface area (Å²) in [5, 5.41) is 0. The fraction of sp³-hybridized carbons (Fsp3) is 0.667. The second-order valence-corrected chi connectivity index (χ2v) is 5.15. The number of carbonyl (C=O) groups excluding carboxylic acids is 1. The number of hydrogen-bond donors (Lipinski definition) is 1. The Morgan fingerprint density at radius 3 is 2.53 bits per heavy atom. The molecule has 0 fully saturated rings. The van der Waals surface area contributed by atoms with Crippen molar-refractivity contribution < 1.29 is 13.2 Å². The Hall–Kier alpha value is -0.880. The van der Waals surface area contributed by atoms with Crippen LogP contribution in [0, 0.1) is 0 Å². The van der Waals surface area contributed by atoms with Crippen LogP contribution in [0.15, 0.2) is 12.7 Å². The third-order valence-electron chi connectivity index (χ3n) is 1.88. The highest BCUT2D eigenvalue weighted by Gasteiger charge is 2.09. The first-order chi connectivity index (χ1) is 6.93. The van der Waals surface area contributed by atoms with Gasteiger partial charge in [-0.1, -0.05) is 6.08 Å². The average molecular weight is 234 g/mol. The third-order valence-corrected chi connectivity index (χ3v) is 3.28. The Kier molecular flexibility index (Phi) is 6.19. The minimum Gasteiger partial charge on any atom is -0.338 e. The third kappa shape index (κ3) is 6.24. The summed E-state index contributed by atoms with van der Waals surface area (Å²) in [5.41, 5.74) is 0. The van der Waals surface area contributed by atoms with Crippen molar-refractivity contribution in [3.63, 3.8) is 0 Å². The largest absolute Gasteiger partial charge is 0.338 e. The second kappa shape index (κ2) is 6.58. The van der Waals surface area contributed by atoms with E-state index in [2.05, 4.69) is 11.3 Å². The van der Waals surface area contributed by atoms with E-state index in [0.29, 0.717) is 13.1 Å². The molecule has 0 aliphatic carbocycles. The van der Waals surface area contributed by atoms with Crippen LogP contribution in [-0.4, -0.2) is 44.6 Å². The van der Waals surface area contributed by atoms with Crippen LogP contribution in [0.4, 0.5) is 0 Å². The van der Waals surface area contributed by atoms with Crippen LogP contribution in [-0.2, 0) is 14.8 Å². The van der Waals surface area contributed by atoms with E-state index in [1.54, 1.807) is 13.0 Å². The van der Waals surface area contributed by atoms with Gasteiger partial charge in [-0.25, -0.2) is 13.1 Å². The fourth-order valence-electron chi connectivity index (χ4n) is 0.971. The van der Waals surface area contributed by atoms with Gasteiger partial charge in [-0.2, -0.15) is 0 Å². The summed E-state index contributed by atoms with van der Waals surface area (Å²) in [4.78, 5) is 12.6. The van der Waals surface area contributed by atoms with Crippen molar-refractivity contribution in [2.45, 2.75) is 13.8 Å². The molecule has 0 saturated carbocycles. The van der Waals surface area contributed by atoms with Gasteiger partial charge in [0.15, 0.2) is 0 Å². The molecule has 5 nitrogen and oxygen atoms in total. The van der Waals surface area contributed by atoms with Crippen LogP contribution < -0.4 is 4.72 Å². The predicted molar refractivity (Wildman–Crippen MR) is 59.9 cm³/mol. The molecule has 0 aromatic heterocycles. The number of rotatable bonds is 7. The summed E-state index contributed by atoms with van der Waals surface area (Å²) in [6, 6.07) is 0. The Morgan fingerprint density at radius 2 is 2.13 bits per heavy atom. The molecule has 0 aromatic carbocycles. The van der Waals surface area contributed by atoms with Gasteiger partial charge in [-0.05, 0) is 6.92 Å². The van der Waals surface area contributed by atoms with Crippen LogP contribution in [0.1, 0.15) is 13.8 Å². The molecule has 88 valence electrons. The molecular weight excluding hydrogens is 216 g/mol. The summed E-state index contributed by atoms with van der Waals surface area (Å²) in [6.07, 6.45) is 1.61. The lowest BCUT2D eigenvalue weighted by Crippen LogP contribution is -2.37. The van der Waals surface area contributed by atoms with Crippen molar-refractivity contribution in [3.8, 4) is 0 Å². The number of amides is 1. The summed E-state index contributed by atoms with van der Waals surface area (Å²) in [6.45, 7) is 7.57. The minimum atomic E-state index is -3.17. The van der Waals surface area contributed by atoms with Crippen molar-refractivity contribution >= 4 is 15.9 Å². The lowest BCUT2D eigenvalue weighted by Gasteiger charge is -2.19. The molecule has 6 heteroatoms. The van der Waals surface area contributed by atoms with E-state index in [-0.39, 0.29) is 18.2 Å². The van der Waals surface area contributed by atoms with Crippen molar-refractivity contribution in [1.29, 1.82) is 0 Å². The zero-order chi connectivity index (χ0) is 11.9. The molecule has 1 amide bonds. The van der Waals surface area contributed by atoms with Crippen LogP contribution in [0.25, 0.3) is 0 Å². The lowest BCUT2D eigenvalue weighted by atomic mass is 10.4. The zero-order valence-electron chi connectivity index (χ0n) is 9.19. The molecule has 0 radical (unpaired) electrons. The number of carbonyl (C=O) groups is 1. The van der Waals surface area contributed by atoms with Crippen LogP contribution in [0.2, 0.25) is 0 Å². The molecule has 0 aromatic rings. The standard InChI is InChI=1S/C9H18N2O3S/c1-4-7-11(9(3)12)8-6-10-15(13,14)5-2/h4,10H,1,5-8H2,2-3H3. The number of hydrogen-bond acceptors (Lipinski definition) is 3. The van der Waals surface area contributed by atoms with Gasteiger partial charge >= 0.3 is 0 Å². The first-order valence-electron chi connectivity index (χ1n) is 4.76. The Balaban J connectivity index is 4.01. The van der Waals surface area contributed by atoms with E-state index >= 15 is 0 Å². The Bertz CT molecular complexity index is 311. The highest BCUT2D eigenvalue weighted by atomic mass is 32.2. The first kappa shape index (κ1) is 14.1. The van der Waals surface area contributed by atoms with Crippen molar-refractivity contribution in [2.75, 3.05) is 25.4 Å². The highest BCUT2D eigenvalue weighted by molar-refractivity contribution is 7.89. The zero-order valence-corrected chi connectivity index (χ0v) is 10.0. The maximum Gasteiger partial charge on any atom is 0.219 e. The summed E-state index contributed by atoms with van der Waals surface area (Å²) < 4.78 is 24.5. The van der Waals surface area contributed by atoms with Crippen molar-refractivity contribution in [2.24, 2.45) is 0 Å². The van der Waals surface area contributed by atoms with Gasteiger partial charge in [0.05, 0.1) is 5.75 Å². The molecule has 15 heavy (non-hydrogen) atoms. The second-order valence-electron chi connectivity index (χ2n) is 3.05. The molecule has 0 bridgehead atoms. The SMILES string of the molecule is C=CCN(CCNS(=O)(=O)CC)C(C)=O. The van der Waals surface area contributed by atoms with Gasteiger partial charge in [0.1, 0.15) is 0 Å². The van der Waals surface area contributed by atoms with Crippen LogP contribution >= 0.6 is 0 Å². The Morgan fingerprint density at radius 1 is 1.53 bits per heavy atom. The molecule has 0 saturated heterocycles. The van der Waals surface area contributed by atoms with Gasteiger partial charge in [0.25, 0.3) is 0 Å². The van der Waals surface area contributed by atoms with Crippen LogP contribution in [0.5, 0.6) is 0 Å². The smallest absolute Gasteiger partial charge is 0.219 e. The van der Waals surface area contributed by atoms with E-state index in [9.17, 15) is 13.2 Å². The monoisotopic (exact) mass is 234 g/mol. The first-order valence-corrected chi connectivity index (χ1v) is 6.42. The van der Waals surface area contributed by atoms with E-state index < -0.39 is 10.0 Å². The molecule has 0 unspecified atom stereocenters. The average Bonchev–Trinajstić information content (AvgIpc) is 2.16. The quantitative estimate of drug-likeness (QED) is 0.629. The number of sulfonamides is 1. The van der Waals surface area contributed by atoms with Gasteiger partial charge < -0.3 is 4.90 Å². The summed E-state index contributed by atoms with van der Waals surface area (Å²) in [5.74, 6) is -0.0419. The van der Waals surface area contributed by atoms with Crippen LogP contribution in [0.3, 0.4) is 0 Å². The molecule has 0 aliphatic heterocycles. The normalized spacial score (nSPS) is 11.1. The van der Waals surface area contributed by atoms with Gasteiger partial charge in [0, 0.05) is 26.6 Å². The fourth-order valence-corrected chi connectivity index (χ4v) is 1.58. The molecule has 0 atom stereocenters. The maximum atomic E-state index is 11.1. The van der Waals surface area contributed by atoms with Gasteiger partial charge in [-0.3, -0.25) is 4.79 Å². The van der Waals surface area contributed by atoms with E-state index in [4.69, 9.17) is 0 Å². The minimum absolute atomic E-state index is 0.0501. The van der Waals surface area contributed by atoms with E-state index in [1.165, 1.54) is 11.8 Å².